The first-order chi connectivity index (χ1) is 29.9. The minimum absolute atomic E-state index is 0.0196. The third-order valence-electron chi connectivity index (χ3n) is 12.1. The Morgan fingerprint density at radius 1 is 0.778 bits per heavy atom. The highest BCUT2D eigenvalue weighted by molar-refractivity contribution is 6.08. The molecule has 0 aliphatic carbocycles. The third kappa shape index (κ3) is 8.85. The van der Waals surface area contributed by atoms with E-state index in [0.29, 0.717) is 18.5 Å². The summed E-state index contributed by atoms with van der Waals surface area (Å²) in [7, 11) is 0. The van der Waals surface area contributed by atoms with Crippen molar-refractivity contribution in [1.82, 2.24) is 4.90 Å². The van der Waals surface area contributed by atoms with Crippen molar-refractivity contribution in [2.45, 2.75) is 106 Å². The van der Waals surface area contributed by atoms with Crippen LogP contribution in [-0.4, -0.2) is 154 Å². The van der Waals surface area contributed by atoms with Gasteiger partial charge in [-0.2, -0.15) is 0 Å². The molecule has 3 aromatic rings. The topological polar surface area (TPSA) is 320 Å². The zero-order chi connectivity index (χ0) is 45.5. The summed E-state index contributed by atoms with van der Waals surface area (Å²) >= 11 is 0. The van der Waals surface area contributed by atoms with Gasteiger partial charge < -0.3 is 81.0 Å². The van der Waals surface area contributed by atoms with Gasteiger partial charge in [-0.15, -0.1) is 0 Å². The Hall–Kier alpha value is -5.20. The van der Waals surface area contributed by atoms with Crippen molar-refractivity contribution in [3.05, 3.63) is 101 Å². The van der Waals surface area contributed by atoms with Crippen LogP contribution in [0.1, 0.15) is 35.6 Å². The van der Waals surface area contributed by atoms with Gasteiger partial charge in [-0.1, -0.05) is 55.5 Å². The van der Waals surface area contributed by atoms with Gasteiger partial charge in [0.1, 0.15) is 36.6 Å². The van der Waals surface area contributed by atoms with Crippen molar-refractivity contribution < 1.29 is 79.7 Å². The summed E-state index contributed by atoms with van der Waals surface area (Å²) in [4.78, 5) is 57.0. The van der Waals surface area contributed by atoms with Gasteiger partial charge in [0, 0.05) is 35.8 Å². The first-order valence-electron chi connectivity index (χ1n) is 20.2. The summed E-state index contributed by atoms with van der Waals surface area (Å²) in [5.74, 6) is -4.00. The molecule has 7 rings (SSSR count). The summed E-state index contributed by atoms with van der Waals surface area (Å²) < 4.78 is 10.0. The molecule has 338 valence electrons. The number of carbonyl (C=O) groups excluding carboxylic acids is 4. The SMILES string of the molecule is C[C@@H](/C=C/CC(=O)N1Cc2ccccc2C[C@H]1CO)[C@]1(O)C(=O)N(Cc2ccc(NC(=O)[C@H]3O[C@@H](O)[C@H](O)[C@@H](O)[C@@H]3O)cc2)c2ccc(NC(=O)[C@H]3O[C@@H](O)[C@H](O)[C@@H](O)[C@@H]3O)cc21. The van der Waals surface area contributed by atoms with Crippen LogP contribution >= 0.6 is 0 Å². The normalized spacial score (nSPS) is 32.2. The molecule has 4 aliphatic rings. The van der Waals surface area contributed by atoms with E-state index in [1.807, 2.05) is 24.3 Å². The lowest BCUT2D eigenvalue weighted by atomic mass is 9.82. The Balaban J connectivity index is 1.11. The number of nitrogens with zero attached hydrogens (tertiary/aromatic N) is 2. The summed E-state index contributed by atoms with van der Waals surface area (Å²) in [6.45, 7) is 1.50. The molecule has 0 unspecified atom stereocenters. The van der Waals surface area contributed by atoms with E-state index in [4.69, 9.17) is 9.47 Å². The van der Waals surface area contributed by atoms with Gasteiger partial charge in [0.05, 0.1) is 24.9 Å². The molecule has 12 N–H and O–H groups in total. The van der Waals surface area contributed by atoms with E-state index >= 15 is 0 Å². The average molecular weight is 879 g/mol. The van der Waals surface area contributed by atoms with Crippen LogP contribution in [0.15, 0.2) is 78.9 Å². The Labute approximate surface area is 359 Å². The molecule has 20 nitrogen and oxygen atoms in total. The second-order valence-electron chi connectivity index (χ2n) is 16.2. The van der Waals surface area contributed by atoms with E-state index < -0.39 is 96.7 Å². The van der Waals surface area contributed by atoms with Crippen LogP contribution in [0.5, 0.6) is 0 Å². The van der Waals surface area contributed by atoms with Crippen molar-refractivity contribution in [3.63, 3.8) is 0 Å². The van der Waals surface area contributed by atoms with Crippen LogP contribution in [0.3, 0.4) is 0 Å². The number of ether oxygens (including phenoxy) is 2. The predicted octanol–water partition coefficient (Wildman–Crippen LogP) is -2.57. The molecule has 20 heteroatoms. The highest BCUT2D eigenvalue weighted by Crippen LogP contribution is 2.47. The average Bonchev–Trinajstić information content (AvgIpc) is 3.48. The van der Waals surface area contributed by atoms with Crippen molar-refractivity contribution in [1.29, 1.82) is 0 Å². The summed E-state index contributed by atoms with van der Waals surface area (Å²) in [5.41, 5.74) is 0.728. The molecule has 2 saturated heterocycles. The van der Waals surface area contributed by atoms with E-state index in [1.165, 1.54) is 47.4 Å². The molecular weight excluding hydrogens is 828 g/mol. The lowest BCUT2D eigenvalue weighted by molar-refractivity contribution is -0.274. The molecule has 63 heavy (non-hydrogen) atoms. The minimum atomic E-state index is -2.29. The van der Waals surface area contributed by atoms with Gasteiger partial charge in [-0.05, 0) is 53.4 Å². The van der Waals surface area contributed by atoms with E-state index in [-0.39, 0.29) is 48.1 Å². The summed E-state index contributed by atoms with van der Waals surface area (Å²) in [6.07, 6.45) is -15.3. The Kier molecular flexibility index (Phi) is 13.4. The lowest BCUT2D eigenvalue weighted by Gasteiger charge is -2.37. The molecule has 0 spiro atoms. The smallest absolute Gasteiger partial charge is 0.264 e. The maximum absolute atomic E-state index is 14.5. The van der Waals surface area contributed by atoms with Gasteiger partial charge in [-0.25, -0.2) is 0 Å². The number of hydrogen-bond donors (Lipinski definition) is 12. The first-order valence-corrected chi connectivity index (χ1v) is 20.2. The number of nitrogens with one attached hydrogen (secondary N) is 2. The fourth-order valence-electron chi connectivity index (χ4n) is 8.31. The molecule has 4 amide bonds. The lowest BCUT2D eigenvalue weighted by Crippen LogP contribution is -2.60. The fourth-order valence-corrected chi connectivity index (χ4v) is 8.31. The molecule has 4 heterocycles. The Bertz CT molecular complexity index is 2230. The van der Waals surface area contributed by atoms with Crippen molar-refractivity contribution >= 4 is 40.7 Å². The monoisotopic (exact) mass is 878 g/mol. The van der Waals surface area contributed by atoms with E-state index in [1.54, 1.807) is 24.0 Å². The largest absolute Gasteiger partial charge is 0.394 e. The molecule has 0 aromatic heterocycles. The number of rotatable bonds is 11. The maximum atomic E-state index is 14.5. The van der Waals surface area contributed by atoms with Crippen LogP contribution in [0.25, 0.3) is 0 Å². The van der Waals surface area contributed by atoms with Gasteiger partial charge >= 0.3 is 0 Å². The van der Waals surface area contributed by atoms with Crippen LogP contribution in [0.2, 0.25) is 0 Å². The number of anilines is 3. The van der Waals surface area contributed by atoms with E-state index in [0.717, 1.165) is 11.1 Å². The van der Waals surface area contributed by atoms with E-state index in [2.05, 4.69) is 10.6 Å². The van der Waals surface area contributed by atoms with Crippen LogP contribution < -0.4 is 15.5 Å². The number of aliphatic hydroxyl groups excluding tert-OH is 9. The quantitative estimate of drug-likeness (QED) is 0.0881. The number of benzene rings is 3. The molecule has 0 bridgehead atoms. The molecule has 0 saturated carbocycles. The minimum Gasteiger partial charge on any atom is -0.394 e. The van der Waals surface area contributed by atoms with Gasteiger partial charge in [0.2, 0.25) is 5.91 Å². The fraction of sp³-hybridized carbons (Fsp3) is 0.442. The van der Waals surface area contributed by atoms with Crippen molar-refractivity contribution in [2.75, 3.05) is 22.1 Å². The number of aliphatic hydroxyl groups is 10. The number of fused-ring (bicyclic) bond motifs is 2. The molecule has 0 radical (unpaired) electrons. The van der Waals surface area contributed by atoms with Crippen molar-refractivity contribution in [3.8, 4) is 0 Å². The first kappa shape index (κ1) is 45.8. The zero-order valence-corrected chi connectivity index (χ0v) is 33.8. The number of carbonyl (C=O) groups is 4. The molecule has 13 atom stereocenters. The van der Waals surface area contributed by atoms with Gasteiger partial charge in [0.25, 0.3) is 17.7 Å². The summed E-state index contributed by atoms with van der Waals surface area (Å²) in [5, 5.41) is 108. The van der Waals surface area contributed by atoms with Gasteiger partial charge in [-0.3, -0.25) is 19.2 Å². The third-order valence-corrected chi connectivity index (χ3v) is 12.1. The summed E-state index contributed by atoms with van der Waals surface area (Å²) in [6, 6.07) is 17.5. The maximum Gasteiger partial charge on any atom is 0.264 e. The Morgan fingerprint density at radius 2 is 1.33 bits per heavy atom. The van der Waals surface area contributed by atoms with E-state index in [9.17, 15) is 70.2 Å². The highest BCUT2D eigenvalue weighted by atomic mass is 16.6. The molecule has 2 fully saturated rings. The number of hydrogen-bond acceptors (Lipinski definition) is 16. The van der Waals surface area contributed by atoms with Crippen molar-refractivity contribution in [2.24, 2.45) is 5.92 Å². The number of amides is 4. The van der Waals surface area contributed by atoms with Crippen LogP contribution in [-0.2, 0) is 53.8 Å². The molecule has 3 aromatic carbocycles. The molecule has 4 aliphatic heterocycles. The second-order valence-corrected chi connectivity index (χ2v) is 16.2. The van der Waals surface area contributed by atoms with Gasteiger partial charge in [0.15, 0.2) is 30.4 Å². The van der Waals surface area contributed by atoms with Crippen LogP contribution in [0.4, 0.5) is 17.1 Å². The zero-order valence-electron chi connectivity index (χ0n) is 33.8. The second kappa shape index (κ2) is 18.5. The Morgan fingerprint density at radius 3 is 1.92 bits per heavy atom. The highest BCUT2D eigenvalue weighted by Gasteiger charge is 2.53. The predicted molar refractivity (Wildman–Crippen MR) is 218 cm³/mol. The van der Waals surface area contributed by atoms with Crippen LogP contribution in [0, 0.1) is 5.92 Å². The standard InChI is InChI=1S/C43H50N4O16/c1-20(5-4-8-29(49)46-18-23-7-3-2-6-22(23)15-26(46)19-48)43(61)27-16-25(45-39(57)37-33(53)31(51)35(55)41(59)63-37)13-14-28(27)47(42(43)60)17-21-9-11-24(12-10-21)44-38(56)36-32(52)30(50)34(54)40(58)62-36/h2-7,9-14,16,20,26,30-37,40-41,48,50-55,58-59,61H,8,15,17-19H2,1H3,(H,44,56)(H,45,57)/b5-4+/t20-,26-,30-,31-,32-,33-,34+,35+,36-,37-,40+,41+,43+/m0/s1. The molecular formula is C43H50N4O16.